The van der Waals surface area contributed by atoms with Crippen LogP contribution in [0.4, 0.5) is 0 Å². The molecule has 8 N–H and O–H groups in total. The third kappa shape index (κ3) is 15.8. The molecule has 0 aliphatic heterocycles. The molecular formula is C21H41O19P3. The highest BCUT2D eigenvalue weighted by molar-refractivity contribution is 7.47. The Morgan fingerprint density at radius 2 is 1.07 bits per heavy atom. The quantitative estimate of drug-likeness (QED) is 0.0479. The second-order valence-electron chi connectivity index (χ2n) is 9.64. The van der Waals surface area contributed by atoms with Crippen LogP contribution in [-0.2, 0) is 50.9 Å². The standard InChI is InChI=1S/C21H41O19P3/c1-3-5-7-9-14(22)35-11-13(37-15(23)10-8-6-4-2)12-36-43(33,34)40-21-17(25)19(38-41(27,28)29)16(24)20(18(21)26)39-42(30,31)32/h13,16-21,24-26H,3-12H2,1-2H3,(H,33,34)(H2,27,28,29)(H2,30,31,32)/t13-,16?,17?,18?,19-,20?,21?/m1/s1. The number of ether oxygens (including phenoxy) is 2. The minimum absolute atomic E-state index is 0.0211. The van der Waals surface area contributed by atoms with Crippen molar-refractivity contribution in [2.75, 3.05) is 13.2 Å². The van der Waals surface area contributed by atoms with E-state index < -0.39 is 91.3 Å². The smallest absolute Gasteiger partial charge is 0.462 e. The van der Waals surface area contributed by atoms with Gasteiger partial charge in [-0.2, -0.15) is 0 Å². The highest BCUT2D eigenvalue weighted by Gasteiger charge is 2.56. The Morgan fingerprint density at radius 1 is 0.651 bits per heavy atom. The molecule has 0 bridgehead atoms. The van der Waals surface area contributed by atoms with Crippen molar-refractivity contribution in [3.8, 4) is 0 Å². The predicted octanol–water partition coefficient (Wildman–Crippen LogP) is 0.156. The fraction of sp³-hybridized carbons (Fsp3) is 0.905. The molecule has 6 unspecified atom stereocenters. The SMILES string of the molecule is CCCCCC(=O)OC[C@H](COP(=O)(O)OC1C(O)C(OP(=O)(O)O)C(O)[C@@H](OP(=O)(O)O)C1O)OC(=O)CCCCC. The summed E-state index contributed by atoms with van der Waals surface area (Å²) >= 11 is 0. The Hall–Kier alpha value is -0.850. The predicted molar refractivity (Wildman–Crippen MR) is 142 cm³/mol. The molecule has 43 heavy (non-hydrogen) atoms. The molecule has 1 aliphatic carbocycles. The number of carbonyl (C=O) groups is 2. The van der Waals surface area contributed by atoms with Gasteiger partial charge < -0.3 is 49.3 Å². The monoisotopic (exact) mass is 690 g/mol. The number of hydrogen-bond acceptors (Lipinski definition) is 14. The van der Waals surface area contributed by atoms with Gasteiger partial charge in [-0.3, -0.25) is 27.7 Å². The zero-order valence-electron chi connectivity index (χ0n) is 23.5. The Bertz CT molecular complexity index is 976. The van der Waals surface area contributed by atoms with Crippen molar-refractivity contribution in [2.45, 2.75) is 108 Å². The summed E-state index contributed by atoms with van der Waals surface area (Å²) in [4.78, 5) is 70.9. The molecular weight excluding hydrogens is 649 g/mol. The lowest BCUT2D eigenvalue weighted by atomic mass is 9.85. The molecule has 1 fully saturated rings. The van der Waals surface area contributed by atoms with Crippen LogP contribution in [0.25, 0.3) is 0 Å². The van der Waals surface area contributed by atoms with Crippen LogP contribution >= 0.6 is 23.5 Å². The molecule has 8 atom stereocenters. The second-order valence-corrected chi connectivity index (χ2v) is 13.4. The van der Waals surface area contributed by atoms with E-state index in [1.54, 1.807) is 0 Å². The van der Waals surface area contributed by atoms with E-state index in [-0.39, 0.29) is 12.8 Å². The van der Waals surface area contributed by atoms with Crippen LogP contribution < -0.4 is 0 Å². The Labute approximate surface area is 247 Å². The Kier molecular flexibility index (Phi) is 17.1. The van der Waals surface area contributed by atoms with Gasteiger partial charge in [0.25, 0.3) is 0 Å². The summed E-state index contributed by atoms with van der Waals surface area (Å²) in [6.07, 6.45) is -12.2. The summed E-state index contributed by atoms with van der Waals surface area (Å²) in [6.45, 7) is 2.32. The molecule has 0 radical (unpaired) electrons. The minimum Gasteiger partial charge on any atom is -0.462 e. The first kappa shape index (κ1) is 40.2. The Balaban J connectivity index is 3.06. The third-order valence-electron chi connectivity index (χ3n) is 5.91. The van der Waals surface area contributed by atoms with E-state index in [1.807, 2.05) is 13.8 Å². The van der Waals surface area contributed by atoms with Crippen molar-refractivity contribution in [2.24, 2.45) is 0 Å². The molecule has 0 saturated heterocycles. The number of hydrogen-bond donors (Lipinski definition) is 8. The minimum atomic E-state index is -5.52. The zero-order chi connectivity index (χ0) is 33.0. The van der Waals surface area contributed by atoms with Crippen LogP contribution in [0, 0.1) is 0 Å². The van der Waals surface area contributed by atoms with Crippen molar-refractivity contribution < 1.29 is 90.6 Å². The number of unbranched alkanes of at least 4 members (excludes halogenated alkanes) is 4. The number of phosphoric ester groups is 3. The summed E-state index contributed by atoms with van der Waals surface area (Å²) in [5, 5.41) is 31.2. The highest BCUT2D eigenvalue weighted by Crippen LogP contribution is 2.50. The van der Waals surface area contributed by atoms with Gasteiger partial charge in [0.2, 0.25) is 0 Å². The molecule has 0 spiro atoms. The molecule has 0 aromatic rings. The van der Waals surface area contributed by atoms with Crippen molar-refractivity contribution in [3.63, 3.8) is 0 Å². The highest BCUT2D eigenvalue weighted by atomic mass is 31.2. The average Bonchev–Trinajstić information content (AvgIpc) is 2.88. The van der Waals surface area contributed by atoms with Crippen LogP contribution in [0.5, 0.6) is 0 Å². The van der Waals surface area contributed by atoms with Crippen molar-refractivity contribution >= 4 is 35.4 Å². The fourth-order valence-electron chi connectivity index (χ4n) is 3.88. The molecule has 0 aromatic carbocycles. The molecule has 1 saturated carbocycles. The van der Waals surface area contributed by atoms with Crippen molar-refractivity contribution in [3.05, 3.63) is 0 Å². The van der Waals surface area contributed by atoms with Crippen LogP contribution in [0.1, 0.15) is 65.2 Å². The normalized spacial score (nSPS) is 26.8. The fourth-order valence-corrected chi connectivity index (χ4v) is 5.98. The van der Waals surface area contributed by atoms with Gasteiger partial charge in [-0.05, 0) is 12.8 Å². The van der Waals surface area contributed by atoms with E-state index in [2.05, 4.69) is 9.05 Å². The third-order valence-corrected chi connectivity index (χ3v) is 7.93. The number of phosphoric acid groups is 3. The van der Waals surface area contributed by atoms with Gasteiger partial charge in [0.1, 0.15) is 43.2 Å². The van der Waals surface area contributed by atoms with Gasteiger partial charge in [-0.15, -0.1) is 0 Å². The van der Waals surface area contributed by atoms with Gasteiger partial charge in [0.15, 0.2) is 6.10 Å². The van der Waals surface area contributed by atoms with E-state index in [4.69, 9.17) is 38.1 Å². The molecule has 254 valence electrons. The summed E-state index contributed by atoms with van der Waals surface area (Å²) in [5.41, 5.74) is 0. The molecule has 0 heterocycles. The van der Waals surface area contributed by atoms with Crippen molar-refractivity contribution in [1.82, 2.24) is 0 Å². The Morgan fingerprint density at radius 3 is 1.49 bits per heavy atom. The molecule has 22 heteroatoms. The summed E-state index contributed by atoms with van der Waals surface area (Å²) < 4.78 is 63.7. The lowest BCUT2D eigenvalue weighted by Crippen LogP contribution is -2.65. The van der Waals surface area contributed by atoms with E-state index >= 15 is 0 Å². The molecule has 0 aromatic heterocycles. The number of aliphatic hydroxyl groups excluding tert-OH is 3. The van der Waals surface area contributed by atoms with Gasteiger partial charge in [-0.1, -0.05) is 39.5 Å². The number of carbonyl (C=O) groups excluding carboxylic acids is 2. The van der Waals surface area contributed by atoms with Crippen LogP contribution in [-0.4, -0.2) is 108 Å². The topological polar surface area (TPSA) is 303 Å². The lowest BCUT2D eigenvalue weighted by Gasteiger charge is -2.44. The largest absolute Gasteiger partial charge is 0.472 e. The van der Waals surface area contributed by atoms with Crippen molar-refractivity contribution in [1.29, 1.82) is 0 Å². The number of aliphatic hydroxyl groups is 3. The van der Waals surface area contributed by atoms with E-state index in [9.17, 15) is 43.5 Å². The first-order valence-corrected chi connectivity index (χ1v) is 17.9. The molecule has 0 amide bonds. The molecule has 1 aliphatic rings. The second kappa shape index (κ2) is 18.3. The van der Waals surface area contributed by atoms with Gasteiger partial charge >= 0.3 is 35.4 Å². The average molecular weight is 690 g/mol. The maximum absolute atomic E-state index is 12.7. The van der Waals surface area contributed by atoms with Crippen LogP contribution in [0.15, 0.2) is 0 Å². The van der Waals surface area contributed by atoms with E-state index in [1.165, 1.54) is 0 Å². The summed E-state index contributed by atoms with van der Waals surface area (Å²) in [5.74, 6) is -1.37. The van der Waals surface area contributed by atoms with E-state index in [0.717, 1.165) is 19.3 Å². The number of rotatable bonds is 20. The van der Waals surface area contributed by atoms with Gasteiger partial charge in [-0.25, -0.2) is 13.7 Å². The van der Waals surface area contributed by atoms with E-state index in [0.29, 0.717) is 19.3 Å². The summed E-state index contributed by atoms with van der Waals surface area (Å²) in [7, 11) is -16.5. The number of esters is 2. The maximum atomic E-state index is 12.7. The maximum Gasteiger partial charge on any atom is 0.472 e. The zero-order valence-corrected chi connectivity index (χ0v) is 26.2. The summed E-state index contributed by atoms with van der Waals surface area (Å²) in [6, 6.07) is 0. The molecule has 19 nitrogen and oxygen atoms in total. The van der Waals surface area contributed by atoms with Crippen LogP contribution in [0.3, 0.4) is 0 Å². The first-order chi connectivity index (χ1) is 19.8. The first-order valence-electron chi connectivity index (χ1n) is 13.3. The van der Waals surface area contributed by atoms with Crippen LogP contribution in [0.2, 0.25) is 0 Å². The lowest BCUT2D eigenvalue weighted by molar-refractivity contribution is -0.213. The van der Waals surface area contributed by atoms with Gasteiger partial charge in [0.05, 0.1) is 6.61 Å². The van der Waals surface area contributed by atoms with Gasteiger partial charge in [0, 0.05) is 12.8 Å². The molecule has 1 rings (SSSR count).